The van der Waals surface area contributed by atoms with Gasteiger partial charge < -0.3 is 5.73 Å². The van der Waals surface area contributed by atoms with Gasteiger partial charge in [-0.15, -0.1) is 0 Å². The highest BCUT2D eigenvalue weighted by Gasteiger charge is 2.57. The number of hydrogen-bond acceptors (Lipinski definition) is 1. The first kappa shape index (κ1) is 6.47. The van der Waals surface area contributed by atoms with E-state index in [0.717, 1.165) is 17.8 Å². The molecule has 1 heteroatoms. The van der Waals surface area contributed by atoms with Gasteiger partial charge in [-0.25, -0.2) is 0 Å². The van der Waals surface area contributed by atoms with Crippen molar-refractivity contribution in [1.29, 1.82) is 0 Å². The van der Waals surface area contributed by atoms with Crippen molar-refractivity contribution in [1.82, 2.24) is 0 Å². The van der Waals surface area contributed by atoms with Crippen LogP contribution in [0.25, 0.3) is 0 Å². The topological polar surface area (TPSA) is 26.0 Å². The van der Waals surface area contributed by atoms with Crippen LogP contribution in [0.15, 0.2) is 0 Å². The smallest absolute Gasteiger partial charge is 0.0214 e. The third-order valence-corrected chi connectivity index (χ3v) is 4.62. The molecule has 3 aliphatic rings. The van der Waals surface area contributed by atoms with Crippen LogP contribution in [0.3, 0.4) is 0 Å². The molecule has 3 aliphatic carbocycles. The van der Waals surface area contributed by atoms with Crippen molar-refractivity contribution in [2.75, 3.05) is 0 Å². The van der Waals surface area contributed by atoms with Crippen LogP contribution in [0.2, 0.25) is 0 Å². The van der Waals surface area contributed by atoms with Gasteiger partial charge in [0.05, 0.1) is 0 Å². The van der Waals surface area contributed by atoms with Gasteiger partial charge >= 0.3 is 0 Å². The largest absolute Gasteiger partial charge is 0.325 e. The molecule has 11 heavy (non-hydrogen) atoms. The zero-order valence-corrected chi connectivity index (χ0v) is 7.05. The molecule has 2 bridgehead atoms. The van der Waals surface area contributed by atoms with Crippen LogP contribution in [0.5, 0.6) is 0 Å². The predicted octanol–water partition coefficient (Wildman–Crippen LogP) is 1.91. The van der Waals surface area contributed by atoms with Crippen LogP contribution >= 0.6 is 0 Å². The van der Waals surface area contributed by atoms with Crippen LogP contribution in [0.1, 0.15) is 38.5 Å². The highest BCUT2D eigenvalue weighted by atomic mass is 14.9. The highest BCUT2D eigenvalue weighted by Crippen LogP contribution is 2.59. The van der Waals surface area contributed by atoms with Gasteiger partial charge in [-0.2, -0.15) is 0 Å². The minimum Gasteiger partial charge on any atom is -0.325 e. The maximum absolute atomic E-state index is 6.45. The number of fused-ring (bicyclic) bond motifs is 5. The molecular formula is C10H17N. The maximum Gasteiger partial charge on any atom is 0.0214 e. The van der Waals surface area contributed by atoms with Crippen molar-refractivity contribution in [2.24, 2.45) is 23.5 Å². The Morgan fingerprint density at radius 2 is 2.09 bits per heavy atom. The van der Waals surface area contributed by atoms with Crippen LogP contribution in [-0.4, -0.2) is 5.54 Å². The standard InChI is InChI=1S/C10H17N/c11-10-5-1-2-9(10)7-3-4-8(10)6-7/h7-9H,1-6,11H2/t7-,8-,9+,10-/m1/s1. The van der Waals surface area contributed by atoms with Gasteiger partial charge in [0.1, 0.15) is 0 Å². The molecule has 0 aliphatic heterocycles. The van der Waals surface area contributed by atoms with E-state index in [2.05, 4.69) is 0 Å². The summed E-state index contributed by atoms with van der Waals surface area (Å²) in [6.07, 6.45) is 8.60. The molecule has 3 rings (SSSR count). The third-order valence-electron chi connectivity index (χ3n) is 4.62. The average Bonchev–Trinajstić information content (AvgIpc) is 2.54. The minimum atomic E-state index is 0.322. The van der Waals surface area contributed by atoms with E-state index in [1.807, 2.05) is 0 Å². The van der Waals surface area contributed by atoms with Gasteiger partial charge in [-0.1, -0.05) is 6.42 Å². The number of nitrogens with two attached hydrogens (primary N) is 1. The Hall–Kier alpha value is -0.0400. The first-order chi connectivity index (χ1) is 5.31. The Morgan fingerprint density at radius 3 is 2.91 bits per heavy atom. The summed E-state index contributed by atoms with van der Waals surface area (Å²) < 4.78 is 0. The third kappa shape index (κ3) is 0.618. The molecule has 3 saturated carbocycles. The van der Waals surface area contributed by atoms with Crippen LogP contribution < -0.4 is 5.73 Å². The molecule has 0 aromatic heterocycles. The molecular weight excluding hydrogens is 134 g/mol. The molecule has 0 aromatic carbocycles. The average molecular weight is 151 g/mol. The molecule has 0 spiro atoms. The predicted molar refractivity (Wildman–Crippen MR) is 45.1 cm³/mol. The Morgan fingerprint density at radius 1 is 1.18 bits per heavy atom. The summed E-state index contributed by atoms with van der Waals surface area (Å²) in [7, 11) is 0. The molecule has 3 fully saturated rings. The van der Waals surface area contributed by atoms with E-state index in [0.29, 0.717) is 5.54 Å². The summed E-state index contributed by atoms with van der Waals surface area (Å²) in [6.45, 7) is 0. The molecule has 4 atom stereocenters. The first-order valence-electron chi connectivity index (χ1n) is 5.09. The van der Waals surface area contributed by atoms with E-state index in [9.17, 15) is 0 Å². The van der Waals surface area contributed by atoms with E-state index in [1.165, 1.54) is 38.5 Å². The summed E-state index contributed by atoms with van der Waals surface area (Å²) in [5.74, 6) is 2.88. The Labute approximate surface area is 68.3 Å². The van der Waals surface area contributed by atoms with E-state index in [4.69, 9.17) is 5.73 Å². The molecule has 0 heterocycles. The van der Waals surface area contributed by atoms with Crippen LogP contribution in [0, 0.1) is 17.8 Å². The van der Waals surface area contributed by atoms with E-state index >= 15 is 0 Å². The van der Waals surface area contributed by atoms with E-state index in [-0.39, 0.29) is 0 Å². The fourth-order valence-electron chi connectivity index (χ4n) is 4.13. The molecule has 0 unspecified atom stereocenters. The first-order valence-corrected chi connectivity index (χ1v) is 5.09. The van der Waals surface area contributed by atoms with E-state index < -0.39 is 0 Å². The second kappa shape index (κ2) is 1.82. The van der Waals surface area contributed by atoms with Crippen LogP contribution in [-0.2, 0) is 0 Å². The molecule has 2 N–H and O–H groups in total. The quantitative estimate of drug-likeness (QED) is 0.562. The monoisotopic (exact) mass is 151 g/mol. The van der Waals surface area contributed by atoms with Crippen LogP contribution in [0.4, 0.5) is 0 Å². The number of hydrogen-bond donors (Lipinski definition) is 1. The zero-order chi connectivity index (χ0) is 7.47. The fraction of sp³-hybridized carbons (Fsp3) is 1.00. The van der Waals surface area contributed by atoms with Gasteiger partial charge in [0, 0.05) is 5.54 Å². The Bertz CT molecular complexity index is 189. The zero-order valence-electron chi connectivity index (χ0n) is 7.05. The van der Waals surface area contributed by atoms with Gasteiger partial charge in [0.15, 0.2) is 0 Å². The summed E-state index contributed by atoms with van der Waals surface area (Å²) in [5, 5.41) is 0. The summed E-state index contributed by atoms with van der Waals surface area (Å²) in [6, 6.07) is 0. The van der Waals surface area contributed by atoms with Crippen molar-refractivity contribution < 1.29 is 0 Å². The molecule has 62 valence electrons. The minimum absolute atomic E-state index is 0.322. The lowest BCUT2D eigenvalue weighted by Crippen LogP contribution is -2.47. The lowest BCUT2D eigenvalue weighted by Gasteiger charge is -2.35. The summed E-state index contributed by atoms with van der Waals surface area (Å²) in [4.78, 5) is 0. The molecule has 0 amide bonds. The second-order valence-electron chi connectivity index (χ2n) is 4.88. The normalized spacial score (nSPS) is 60.3. The van der Waals surface area contributed by atoms with Crippen molar-refractivity contribution in [2.45, 2.75) is 44.1 Å². The Kier molecular flexibility index (Phi) is 1.07. The van der Waals surface area contributed by atoms with Crippen molar-refractivity contribution in [3.8, 4) is 0 Å². The Balaban J connectivity index is 2.00. The lowest BCUT2D eigenvalue weighted by molar-refractivity contribution is 0.210. The maximum atomic E-state index is 6.45. The summed E-state index contributed by atoms with van der Waals surface area (Å²) in [5.41, 5.74) is 6.77. The van der Waals surface area contributed by atoms with Gasteiger partial charge in [0.25, 0.3) is 0 Å². The van der Waals surface area contributed by atoms with Crippen molar-refractivity contribution in [3.63, 3.8) is 0 Å². The summed E-state index contributed by atoms with van der Waals surface area (Å²) >= 11 is 0. The lowest BCUT2D eigenvalue weighted by atomic mass is 9.76. The molecule has 0 saturated heterocycles. The van der Waals surface area contributed by atoms with Gasteiger partial charge in [0.2, 0.25) is 0 Å². The van der Waals surface area contributed by atoms with Gasteiger partial charge in [-0.3, -0.25) is 0 Å². The fourth-order valence-corrected chi connectivity index (χ4v) is 4.13. The van der Waals surface area contributed by atoms with Crippen molar-refractivity contribution in [3.05, 3.63) is 0 Å². The number of rotatable bonds is 0. The van der Waals surface area contributed by atoms with Gasteiger partial charge in [-0.05, 0) is 49.9 Å². The second-order valence-corrected chi connectivity index (χ2v) is 4.88. The molecule has 0 radical (unpaired) electrons. The van der Waals surface area contributed by atoms with Crippen molar-refractivity contribution >= 4 is 0 Å². The SMILES string of the molecule is N[C@@]12CCC[C@H]1[C@@H]1CC[C@@H]2C1. The molecule has 0 aromatic rings. The molecule has 1 nitrogen and oxygen atoms in total. The highest BCUT2D eigenvalue weighted by molar-refractivity contribution is 5.12. The van der Waals surface area contributed by atoms with E-state index in [1.54, 1.807) is 0 Å².